The second kappa shape index (κ2) is 5.89. The molecule has 0 unspecified atom stereocenters. The molecule has 0 spiro atoms. The van der Waals surface area contributed by atoms with Crippen LogP contribution in [0.2, 0.25) is 0 Å². The molecule has 2 aromatic carbocycles. The van der Waals surface area contributed by atoms with Crippen LogP contribution in [0, 0.1) is 11.8 Å². The maximum absolute atomic E-state index is 13.3. The summed E-state index contributed by atoms with van der Waals surface area (Å²) < 4.78 is 93.8. The average molecular weight is 350 g/mol. The number of hydrogen-bond acceptors (Lipinski definition) is 1. The summed E-state index contributed by atoms with van der Waals surface area (Å²) in [5.74, 6) is -9.41. The summed E-state index contributed by atoms with van der Waals surface area (Å²) in [7, 11) is 1.19. The maximum Gasteiger partial charge on any atom is 0.461 e. The quantitative estimate of drug-likeness (QED) is 0.545. The topological polar surface area (TPSA) is 9.23 Å². The zero-order chi connectivity index (χ0) is 18.2. The lowest BCUT2D eigenvalue weighted by Crippen LogP contribution is -2.51. The highest BCUT2D eigenvalue weighted by atomic mass is 19.4. The first-order chi connectivity index (χ1) is 11.0. The number of fused-ring (bicyclic) bond motifs is 1. The van der Waals surface area contributed by atoms with Gasteiger partial charge in [0.1, 0.15) is 5.75 Å². The molecule has 2 aromatic rings. The molecule has 2 rings (SSSR count). The predicted octanol–water partition coefficient (Wildman–Crippen LogP) is 5.03. The largest absolute Gasteiger partial charge is 0.495 e. The van der Waals surface area contributed by atoms with E-state index in [9.17, 15) is 30.7 Å². The number of rotatable bonds is 2. The van der Waals surface area contributed by atoms with E-state index in [1.54, 1.807) is 24.1 Å². The van der Waals surface area contributed by atoms with E-state index < -0.39 is 18.0 Å². The van der Waals surface area contributed by atoms with E-state index in [2.05, 4.69) is 0 Å². The molecule has 128 valence electrons. The Balaban J connectivity index is 2.61. The highest BCUT2D eigenvalue weighted by Gasteiger charge is 2.72. The van der Waals surface area contributed by atoms with E-state index in [4.69, 9.17) is 4.74 Å². The van der Waals surface area contributed by atoms with Crippen molar-refractivity contribution in [3.8, 4) is 17.6 Å². The summed E-state index contributed by atoms with van der Waals surface area (Å²) in [5.41, 5.74) is -0.201. The summed E-state index contributed by atoms with van der Waals surface area (Å²) in [5, 5.41) is 0.823. The molecule has 0 amide bonds. The second-order valence-corrected chi connectivity index (χ2v) is 4.76. The minimum atomic E-state index is -6.42. The maximum atomic E-state index is 13.3. The highest BCUT2D eigenvalue weighted by molar-refractivity contribution is 5.90. The molecule has 0 bridgehead atoms. The summed E-state index contributed by atoms with van der Waals surface area (Å²) >= 11 is 0. The van der Waals surface area contributed by atoms with Crippen LogP contribution in [0.4, 0.5) is 30.7 Å². The third kappa shape index (κ3) is 2.98. The van der Waals surface area contributed by atoms with Gasteiger partial charge in [-0.3, -0.25) is 0 Å². The lowest BCUT2D eigenvalue weighted by molar-refractivity contribution is -0.339. The van der Waals surface area contributed by atoms with Gasteiger partial charge < -0.3 is 4.74 Å². The molecule has 0 atom stereocenters. The van der Waals surface area contributed by atoms with Gasteiger partial charge in [-0.25, -0.2) is 0 Å². The second-order valence-electron chi connectivity index (χ2n) is 4.76. The van der Waals surface area contributed by atoms with Gasteiger partial charge in [0.25, 0.3) is 0 Å². The third-order valence-electron chi connectivity index (χ3n) is 3.21. The van der Waals surface area contributed by atoms with E-state index in [-0.39, 0.29) is 16.7 Å². The molecule has 8 heteroatoms. The van der Waals surface area contributed by atoms with E-state index >= 15 is 0 Å². The molecule has 0 aromatic heterocycles. The van der Waals surface area contributed by atoms with Gasteiger partial charge in [0.15, 0.2) is 0 Å². The molecule has 0 saturated carbocycles. The summed E-state index contributed by atoms with van der Waals surface area (Å²) in [4.78, 5) is 0. The van der Waals surface area contributed by atoms with Crippen molar-refractivity contribution >= 4 is 10.8 Å². The van der Waals surface area contributed by atoms with Crippen LogP contribution in [0.1, 0.15) is 5.56 Å². The van der Waals surface area contributed by atoms with E-state index in [1.807, 2.05) is 0 Å². The predicted molar refractivity (Wildman–Crippen MR) is 73.3 cm³/mol. The van der Waals surface area contributed by atoms with Crippen molar-refractivity contribution < 1.29 is 35.5 Å². The highest BCUT2D eigenvalue weighted by Crippen LogP contribution is 2.46. The van der Waals surface area contributed by atoms with Gasteiger partial charge >= 0.3 is 18.0 Å². The van der Waals surface area contributed by atoms with Gasteiger partial charge in [0, 0.05) is 5.39 Å². The van der Waals surface area contributed by atoms with Gasteiger partial charge in [-0.05, 0) is 17.4 Å². The fourth-order valence-corrected chi connectivity index (χ4v) is 1.95. The lowest BCUT2D eigenvalue weighted by Gasteiger charge is -2.24. The summed E-state index contributed by atoms with van der Waals surface area (Å²) in [6, 6.07) is 9.16. The van der Waals surface area contributed by atoms with E-state index in [0.717, 1.165) is 5.92 Å². The zero-order valence-electron chi connectivity index (χ0n) is 12.0. The normalized spacial score (nSPS) is 12.7. The van der Waals surface area contributed by atoms with Crippen LogP contribution in [0.3, 0.4) is 0 Å². The SMILES string of the molecule is COc1ccc2ccccc2c1C#CC(F)(F)C(F)(F)C(F)(F)F. The van der Waals surface area contributed by atoms with Crippen LogP contribution < -0.4 is 4.74 Å². The molecule has 0 heterocycles. The molecule has 0 N–H and O–H groups in total. The number of ether oxygens (including phenoxy) is 1. The zero-order valence-corrected chi connectivity index (χ0v) is 12.0. The van der Waals surface area contributed by atoms with Gasteiger partial charge in [0.2, 0.25) is 0 Å². The number of hydrogen-bond donors (Lipinski definition) is 0. The smallest absolute Gasteiger partial charge is 0.461 e. The summed E-state index contributed by atoms with van der Waals surface area (Å²) in [6.07, 6.45) is -6.42. The minimum absolute atomic E-state index is 0.0210. The van der Waals surface area contributed by atoms with Crippen LogP contribution in [-0.2, 0) is 0 Å². The van der Waals surface area contributed by atoms with Crippen molar-refractivity contribution in [2.45, 2.75) is 18.0 Å². The molecular formula is C16H9F7O. The lowest BCUT2D eigenvalue weighted by atomic mass is 10.0. The molecule has 24 heavy (non-hydrogen) atoms. The average Bonchev–Trinajstić information content (AvgIpc) is 2.51. The van der Waals surface area contributed by atoms with Crippen molar-refractivity contribution in [3.05, 3.63) is 42.0 Å². The van der Waals surface area contributed by atoms with E-state index in [1.165, 1.54) is 25.3 Å². The van der Waals surface area contributed by atoms with Crippen LogP contribution >= 0.6 is 0 Å². The van der Waals surface area contributed by atoms with Crippen LogP contribution in [-0.4, -0.2) is 25.1 Å². The van der Waals surface area contributed by atoms with Crippen LogP contribution in [0.5, 0.6) is 5.75 Å². The molecule has 0 saturated heterocycles. The fraction of sp³-hybridized carbons (Fsp3) is 0.250. The Morgan fingerprint density at radius 1 is 0.875 bits per heavy atom. The van der Waals surface area contributed by atoms with Gasteiger partial charge in [-0.1, -0.05) is 36.3 Å². The summed E-state index contributed by atoms with van der Waals surface area (Å²) in [6.45, 7) is 0. The fourth-order valence-electron chi connectivity index (χ4n) is 1.95. The van der Waals surface area contributed by atoms with Gasteiger partial charge in [-0.15, -0.1) is 0 Å². The van der Waals surface area contributed by atoms with Crippen LogP contribution in [0.15, 0.2) is 36.4 Å². The van der Waals surface area contributed by atoms with Crippen molar-refractivity contribution in [1.29, 1.82) is 0 Å². The first kappa shape index (κ1) is 17.9. The third-order valence-corrected chi connectivity index (χ3v) is 3.21. The van der Waals surface area contributed by atoms with Crippen molar-refractivity contribution in [3.63, 3.8) is 0 Å². The Morgan fingerprint density at radius 3 is 2.08 bits per heavy atom. The number of halogens is 7. The Labute approximate surface area is 132 Å². The van der Waals surface area contributed by atoms with Crippen molar-refractivity contribution in [1.82, 2.24) is 0 Å². The monoisotopic (exact) mass is 350 g/mol. The Bertz CT molecular complexity index is 813. The Hall–Kier alpha value is -2.43. The number of alkyl halides is 7. The molecule has 0 aliphatic rings. The van der Waals surface area contributed by atoms with Crippen LogP contribution in [0.25, 0.3) is 10.8 Å². The number of benzene rings is 2. The number of methoxy groups -OCH3 is 1. The minimum Gasteiger partial charge on any atom is -0.495 e. The molecular weight excluding hydrogens is 341 g/mol. The Kier molecular flexibility index (Phi) is 4.40. The molecule has 0 aliphatic heterocycles. The first-order valence-corrected chi connectivity index (χ1v) is 6.42. The standard InChI is InChI=1S/C16H9F7O/c1-24-13-7-6-10-4-2-3-5-11(10)12(13)8-9-14(17,18)15(19,20)16(21,22)23/h2-7H,1H3. The van der Waals surface area contributed by atoms with Gasteiger partial charge in [0.05, 0.1) is 12.7 Å². The van der Waals surface area contributed by atoms with Gasteiger partial charge in [-0.2, -0.15) is 30.7 Å². The van der Waals surface area contributed by atoms with Crippen molar-refractivity contribution in [2.24, 2.45) is 0 Å². The molecule has 0 aliphatic carbocycles. The van der Waals surface area contributed by atoms with E-state index in [0.29, 0.717) is 5.39 Å². The van der Waals surface area contributed by atoms with Crippen molar-refractivity contribution in [2.75, 3.05) is 7.11 Å². The Morgan fingerprint density at radius 2 is 1.50 bits per heavy atom. The first-order valence-electron chi connectivity index (χ1n) is 6.42. The molecule has 0 fully saturated rings. The molecule has 1 nitrogen and oxygen atoms in total. The molecule has 0 radical (unpaired) electrons.